The molecule has 1 rings (SSSR count). The summed E-state index contributed by atoms with van der Waals surface area (Å²) < 4.78 is 0. The van der Waals surface area contributed by atoms with Crippen LogP contribution in [0.1, 0.15) is 0 Å². The monoisotopic (exact) mass is 177 g/mol. The Morgan fingerprint density at radius 3 is 1.75 bits per heavy atom. The summed E-state index contributed by atoms with van der Waals surface area (Å²) in [7, 11) is 2.65. The van der Waals surface area contributed by atoms with Crippen LogP contribution in [0.4, 0.5) is 5.69 Å². The number of anilines is 1. The first-order valence-electron chi connectivity index (χ1n) is 3.73. The zero-order valence-electron chi connectivity index (χ0n) is 6.77. The molecule has 0 aliphatic carbocycles. The lowest BCUT2D eigenvalue weighted by atomic mass is 10.3. The fraction of sp³-hybridized carbons (Fsp3) is 0. The van der Waals surface area contributed by atoms with Crippen LogP contribution >= 0.6 is 9.24 Å². The normalized spacial score (nSPS) is 8.75. The van der Waals surface area contributed by atoms with E-state index in [0.717, 1.165) is 11.0 Å². The lowest BCUT2D eigenvalue weighted by molar-refractivity contribution is 1.72. The molecule has 0 radical (unpaired) electrons. The molecular weight excluding hydrogens is 165 g/mol. The average molecular weight is 177 g/mol. The molecule has 1 nitrogen and oxygen atoms in total. The maximum Gasteiger partial charge on any atom is 0.0313 e. The van der Waals surface area contributed by atoms with Gasteiger partial charge < -0.3 is 5.73 Å². The molecule has 0 amide bonds. The topological polar surface area (TPSA) is 26.0 Å². The molecule has 0 fully saturated rings. The van der Waals surface area contributed by atoms with E-state index >= 15 is 0 Å². The van der Waals surface area contributed by atoms with Crippen LogP contribution in [0.5, 0.6) is 0 Å². The maximum atomic E-state index is 5.62. The Morgan fingerprint density at radius 2 is 1.25 bits per heavy atom. The van der Waals surface area contributed by atoms with Crippen molar-refractivity contribution in [3.05, 3.63) is 48.5 Å². The average Bonchev–Trinajstić information content (AvgIpc) is 2.06. The van der Waals surface area contributed by atoms with Gasteiger partial charge in [0.25, 0.3) is 0 Å². The summed E-state index contributed by atoms with van der Waals surface area (Å²) in [5, 5.41) is 1.14. The molecule has 1 aromatic rings. The third-order valence-electron chi connectivity index (χ3n) is 1.38. The fourth-order valence-electron chi connectivity index (χ4n) is 0.778. The van der Waals surface area contributed by atoms with Crippen molar-refractivity contribution in [1.82, 2.24) is 0 Å². The van der Waals surface area contributed by atoms with Gasteiger partial charge in [0.05, 0.1) is 0 Å². The van der Waals surface area contributed by atoms with Crippen molar-refractivity contribution in [2.45, 2.75) is 0 Å². The molecular formula is C10H12NP. The smallest absolute Gasteiger partial charge is 0.0313 e. The van der Waals surface area contributed by atoms with Crippen LogP contribution in [-0.2, 0) is 0 Å². The largest absolute Gasteiger partial charge is 0.399 e. The standard InChI is InChI=1S/C10H12NP/c11-9-5-1-3-7-10(12)8-4-2-6-9/h1-8H,11-12H2. The maximum absolute atomic E-state index is 5.62. The fourth-order valence-corrected chi connectivity index (χ4v) is 1.00. The van der Waals surface area contributed by atoms with E-state index in [9.17, 15) is 0 Å². The Balaban J connectivity index is 3.18. The van der Waals surface area contributed by atoms with Crippen molar-refractivity contribution in [3.63, 3.8) is 0 Å². The molecule has 0 saturated carbocycles. The van der Waals surface area contributed by atoms with Crippen molar-refractivity contribution in [3.8, 4) is 0 Å². The molecule has 0 aliphatic heterocycles. The van der Waals surface area contributed by atoms with Crippen molar-refractivity contribution < 1.29 is 0 Å². The summed E-state index contributed by atoms with van der Waals surface area (Å²) in [6.45, 7) is 0. The highest BCUT2D eigenvalue weighted by Crippen LogP contribution is 1.94. The van der Waals surface area contributed by atoms with E-state index in [-0.39, 0.29) is 0 Å². The summed E-state index contributed by atoms with van der Waals surface area (Å²) >= 11 is 0. The first kappa shape index (κ1) is 9.02. The van der Waals surface area contributed by atoms with Crippen molar-refractivity contribution in [2.24, 2.45) is 0 Å². The predicted molar refractivity (Wildman–Crippen MR) is 57.8 cm³/mol. The Kier molecular flexibility index (Phi) is 3.56. The summed E-state index contributed by atoms with van der Waals surface area (Å²) in [5.74, 6) is 0. The second kappa shape index (κ2) is 4.74. The van der Waals surface area contributed by atoms with Gasteiger partial charge in [-0.3, -0.25) is 0 Å². The van der Waals surface area contributed by atoms with Crippen LogP contribution < -0.4 is 11.0 Å². The number of hydrogen-bond acceptors (Lipinski definition) is 1. The van der Waals surface area contributed by atoms with Crippen LogP contribution in [0, 0.1) is 0 Å². The van der Waals surface area contributed by atoms with Crippen molar-refractivity contribution in [1.29, 1.82) is 0 Å². The minimum absolute atomic E-state index is 0.761. The Hall–Kier alpha value is -1.07. The second-order valence-corrected chi connectivity index (χ2v) is 3.10. The summed E-state index contributed by atoms with van der Waals surface area (Å²) in [4.78, 5) is 0. The molecule has 2 N–H and O–H groups in total. The Morgan fingerprint density at radius 1 is 0.833 bits per heavy atom. The Bertz CT molecular complexity index is 249. The van der Waals surface area contributed by atoms with Crippen molar-refractivity contribution in [2.75, 3.05) is 5.73 Å². The third kappa shape index (κ3) is 3.36. The molecule has 0 saturated heterocycles. The first-order chi connectivity index (χ1) is 5.79. The lowest BCUT2D eigenvalue weighted by Gasteiger charge is -1.84. The molecule has 2 heteroatoms. The molecule has 1 atom stereocenters. The van der Waals surface area contributed by atoms with Crippen LogP contribution in [0.25, 0.3) is 0 Å². The highest BCUT2D eigenvalue weighted by molar-refractivity contribution is 7.27. The van der Waals surface area contributed by atoms with E-state index in [1.54, 1.807) is 0 Å². The minimum atomic E-state index is 0.761. The van der Waals surface area contributed by atoms with E-state index in [2.05, 4.69) is 9.24 Å². The van der Waals surface area contributed by atoms with Crippen LogP contribution in [0.15, 0.2) is 48.5 Å². The van der Waals surface area contributed by atoms with E-state index in [1.807, 2.05) is 48.5 Å². The number of hydrogen-bond donors (Lipinski definition) is 1. The summed E-state index contributed by atoms with van der Waals surface area (Å²) in [6, 6.07) is 15.5. The molecule has 0 spiro atoms. The molecule has 62 valence electrons. The van der Waals surface area contributed by atoms with Gasteiger partial charge in [-0.15, -0.1) is 9.24 Å². The zero-order valence-corrected chi connectivity index (χ0v) is 7.93. The predicted octanol–water partition coefficient (Wildman–Crippen LogP) is 1.89. The molecule has 12 heavy (non-hydrogen) atoms. The van der Waals surface area contributed by atoms with Gasteiger partial charge in [-0.05, 0) is 17.4 Å². The van der Waals surface area contributed by atoms with Gasteiger partial charge in [0.1, 0.15) is 0 Å². The van der Waals surface area contributed by atoms with Gasteiger partial charge in [0.15, 0.2) is 0 Å². The molecule has 0 bridgehead atoms. The van der Waals surface area contributed by atoms with Gasteiger partial charge >= 0.3 is 0 Å². The van der Waals surface area contributed by atoms with Crippen LogP contribution in [0.3, 0.4) is 0 Å². The number of nitrogen functional groups attached to an aromatic ring is 1. The molecule has 1 unspecified atom stereocenters. The highest BCUT2D eigenvalue weighted by Gasteiger charge is 1.74. The molecule has 0 aliphatic rings. The van der Waals surface area contributed by atoms with Crippen molar-refractivity contribution >= 4 is 20.2 Å². The van der Waals surface area contributed by atoms with Crippen LogP contribution in [0.2, 0.25) is 0 Å². The van der Waals surface area contributed by atoms with E-state index in [4.69, 9.17) is 5.73 Å². The van der Waals surface area contributed by atoms with Crippen LogP contribution in [-0.4, -0.2) is 0 Å². The van der Waals surface area contributed by atoms with Gasteiger partial charge in [0, 0.05) is 5.69 Å². The third-order valence-corrected chi connectivity index (χ3v) is 1.76. The second-order valence-electron chi connectivity index (χ2n) is 2.44. The highest BCUT2D eigenvalue weighted by atomic mass is 31.0. The number of nitrogens with two attached hydrogens (primary N) is 1. The minimum Gasteiger partial charge on any atom is -0.399 e. The Labute approximate surface area is 75.1 Å². The van der Waals surface area contributed by atoms with Gasteiger partial charge in [0.2, 0.25) is 0 Å². The summed E-state index contributed by atoms with van der Waals surface area (Å²) in [5.41, 5.74) is 6.38. The molecule has 0 heterocycles. The molecule has 1 aromatic carbocycles. The van der Waals surface area contributed by atoms with E-state index < -0.39 is 0 Å². The SMILES string of the molecule is Nc1ccccc(P)cccc1. The first-order valence-corrected chi connectivity index (χ1v) is 4.31. The lowest BCUT2D eigenvalue weighted by Crippen LogP contribution is -1.82. The summed E-state index contributed by atoms with van der Waals surface area (Å²) in [6.07, 6.45) is 0. The quantitative estimate of drug-likeness (QED) is 0.602. The van der Waals surface area contributed by atoms with Gasteiger partial charge in [-0.2, -0.15) is 0 Å². The molecule has 0 aromatic heterocycles. The van der Waals surface area contributed by atoms with E-state index in [1.165, 1.54) is 0 Å². The van der Waals surface area contributed by atoms with Gasteiger partial charge in [-0.1, -0.05) is 36.4 Å². The van der Waals surface area contributed by atoms with E-state index in [0.29, 0.717) is 0 Å². The zero-order chi connectivity index (χ0) is 8.81. The van der Waals surface area contributed by atoms with Gasteiger partial charge in [-0.25, -0.2) is 0 Å². The number of rotatable bonds is 0.